The Kier molecular flexibility index (Phi) is 10.5. The molecule has 3 amide bonds. The van der Waals surface area contributed by atoms with Crippen LogP contribution in [0, 0.1) is 0 Å². The van der Waals surface area contributed by atoms with Crippen molar-refractivity contribution in [2.45, 2.75) is 41.8 Å². The van der Waals surface area contributed by atoms with Gasteiger partial charge in [0.25, 0.3) is 0 Å². The molecular weight excluding hydrogens is 730 g/mol. The van der Waals surface area contributed by atoms with Gasteiger partial charge in [-0.3, -0.25) is 19.6 Å². The molecule has 2 unspecified atom stereocenters. The van der Waals surface area contributed by atoms with Gasteiger partial charge in [-0.1, -0.05) is 80.4 Å². The predicted octanol–water partition coefficient (Wildman–Crippen LogP) is 2.95. The van der Waals surface area contributed by atoms with E-state index in [4.69, 9.17) is 5.73 Å². The number of piperazine rings is 1. The van der Waals surface area contributed by atoms with Gasteiger partial charge in [-0.15, -0.1) is 5.10 Å². The summed E-state index contributed by atoms with van der Waals surface area (Å²) < 4.78 is 1.29. The molecule has 4 heterocycles. The first-order valence-corrected chi connectivity index (χ1v) is 18.3. The molecule has 1 aromatic heterocycles. The Morgan fingerprint density at radius 3 is 2.23 bits per heavy atom. The van der Waals surface area contributed by atoms with E-state index >= 15 is 0 Å². The van der Waals surface area contributed by atoms with E-state index in [-0.39, 0.29) is 31.4 Å². The molecule has 0 saturated carbocycles. The van der Waals surface area contributed by atoms with Crippen molar-refractivity contribution in [3.63, 3.8) is 0 Å². The molecule has 3 aliphatic heterocycles. The van der Waals surface area contributed by atoms with Crippen molar-refractivity contribution < 1.29 is 9.59 Å². The summed E-state index contributed by atoms with van der Waals surface area (Å²) in [6, 6.07) is 18.3. The standard InChI is InChI=1S/C33H43Br2N9O3/c1-39-15-12-25(13-16-39)40-18-20-41(21-19-40)30(45)27(22-34)43(26-10-6-3-7-11-26)32(47)42-17-14-33(36,28(35)23-42)44-31(46)37-29(38-44)24-8-4-2-5-9-24/h2-11,25,27-28H,12-23,36H2,1H3,(H,37,38,46)/t27-,28?,33?/m0/s1. The van der Waals surface area contributed by atoms with Crippen LogP contribution in [-0.2, 0) is 10.5 Å². The molecule has 0 radical (unpaired) electrons. The molecular formula is C33H43Br2N9O3. The van der Waals surface area contributed by atoms with Gasteiger partial charge >= 0.3 is 11.7 Å². The molecule has 6 rings (SSSR count). The number of likely N-dealkylation sites (tertiary alicyclic amines) is 2. The molecule has 3 aromatic rings. The normalized spacial score (nSPS) is 23.9. The van der Waals surface area contributed by atoms with Crippen molar-refractivity contribution in [1.29, 1.82) is 0 Å². The van der Waals surface area contributed by atoms with Gasteiger partial charge in [0.1, 0.15) is 11.7 Å². The van der Waals surface area contributed by atoms with Gasteiger partial charge in [-0.25, -0.2) is 9.59 Å². The van der Waals surface area contributed by atoms with E-state index in [1.165, 1.54) is 4.68 Å². The largest absolute Gasteiger partial charge is 0.345 e. The highest BCUT2D eigenvalue weighted by molar-refractivity contribution is 9.09. The van der Waals surface area contributed by atoms with Gasteiger partial charge in [-0.2, -0.15) is 4.68 Å². The minimum atomic E-state index is -1.17. The first kappa shape index (κ1) is 33.8. The minimum Gasteiger partial charge on any atom is -0.338 e. The number of nitrogens with two attached hydrogens (primary N) is 1. The summed E-state index contributed by atoms with van der Waals surface area (Å²) in [5, 5.41) is 4.84. The quantitative estimate of drug-likeness (QED) is 0.354. The molecule has 0 spiro atoms. The number of nitrogens with one attached hydrogen (secondary N) is 1. The molecule has 3 aliphatic rings. The smallest absolute Gasteiger partial charge is 0.338 e. The fourth-order valence-corrected chi connectivity index (χ4v) is 8.29. The highest BCUT2D eigenvalue weighted by Crippen LogP contribution is 2.32. The molecule has 3 N–H and O–H groups in total. The lowest BCUT2D eigenvalue weighted by molar-refractivity contribution is -0.134. The number of carbonyl (C=O) groups is 2. The Morgan fingerprint density at radius 2 is 1.62 bits per heavy atom. The fraction of sp³-hybridized carbons (Fsp3) is 0.515. The number of hydrogen-bond donors (Lipinski definition) is 2. The van der Waals surface area contributed by atoms with Crippen LogP contribution < -0.4 is 16.3 Å². The molecule has 0 bridgehead atoms. The SMILES string of the molecule is CN1CCC(N2CCN(C(=O)[C@H](CBr)N(C(=O)N3CCC(N)(n4nc(-c5ccccc5)[nH]c4=O)C(Br)C3)c3ccccc3)CC2)CC1. The van der Waals surface area contributed by atoms with E-state index in [1.807, 2.05) is 65.6 Å². The topological polar surface area (TPSA) is 127 Å². The second kappa shape index (κ2) is 14.6. The number of rotatable bonds is 7. The van der Waals surface area contributed by atoms with Crippen molar-refractivity contribution in [2.24, 2.45) is 5.73 Å². The molecule has 47 heavy (non-hydrogen) atoms. The first-order valence-electron chi connectivity index (χ1n) is 16.3. The summed E-state index contributed by atoms with van der Waals surface area (Å²) in [5.74, 6) is 0.360. The maximum absolute atomic E-state index is 14.4. The van der Waals surface area contributed by atoms with E-state index < -0.39 is 22.2 Å². The number of aromatic nitrogens is 3. The number of halogens is 2. The number of aromatic amines is 1. The molecule has 0 aliphatic carbocycles. The number of amides is 3. The number of benzene rings is 2. The monoisotopic (exact) mass is 771 g/mol. The lowest BCUT2D eigenvalue weighted by Gasteiger charge is -2.45. The summed E-state index contributed by atoms with van der Waals surface area (Å²) >= 11 is 7.30. The van der Waals surface area contributed by atoms with E-state index in [0.29, 0.717) is 36.0 Å². The third-order valence-corrected chi connectivity index (χ3v) is 11.5. The van der Waals surface area contributed by atoms with Crippen LogP contribution in [0.2, 0.25) is 0 Å². The third kappa shape index (κ3) is 7.07. The summed E-state index contributed by atoms with van der Waals surface area (Å²) in [5.41, 5.74) is 6.71. The van der Waals surface area contributed by atoms with Crippen LogP contribution in [0.5, 0.6) is 0 Å². The summed E-state index contributed by atoms with van der Waals surface area (Å²) in [4.78, 5) is 54.1. The average molecular weight is 774 g/mol. The molecule has 3 saturated heterocycles. The maximum Gasteiger partial charge on any atom is 0.345 e. The molecule has 252 valence electrons. The van der Waals surface area contributed by atoms with Crippen LogP contribution in [0.15, 0.2) is 65.5 Å². The number of carbonyl (C=O) groups excluding carboxylic acids is 2. The lowest BCUT2D eigenvalue weighted by Crippen LogP contribution is -2.65. The van der Waals surface area contributed by atoms with Crippen LogP contribution >= 0.6 is 31.9 Å². The van der Waals surface area contributed by atoms with Gasteiger partial charge in [0.15, 0.2) is 5.82 Å². The van der Waals surface area contributed by atoms with Crippen LogP contribution in [-0.4, -0.2) is 128 Å². The van der Waals surface area contributed by atoms with Gasteiger partial charge < -0.3 is 20.4 Å². The molecule has 12 nitrogen and oxygen atoms in total. The summed E-state index contributed by atoms with van der Waals surface area (Å²) in [6.45, 7) is 5.65. The van der Waals surface area contributed by atoms with E-state index in [0.717, 1.165) is 44.6 Å². The second-order valence-corrected chi connectivity index (χ2v) is 14.5. The zero-order chi connectivity index (χ0) is 33.1. The van der Waals surface area contributed by atoms with Crippen molar-refractivity contribution >= 4 is 49.5 Å². The van der Waals surface area contributed by atoms with Crippen LogP contribution in [0.3, 0.4) is 0 Å². The minimum absolute atomic E-state index is 0.0702. The number of nitrogens with zero attached hydrogens (tertiary/aromatic N) is 7. The Morgan fingerprint density at radius 1 is 0.979 bits per heavy atom. The van der Waals surface area contributed by atoms with E-state index in [9.17, 15) is 14.4 Å². The van der Waals surface area contributed by atoms with Crippen molar-refractivity contribution in [1.82, 2.24) is 34.4 Å². The predicted molar refractivity (Wildman–Crippen MR) is 190 cm³/mol. The molecule has 2 aromatic carbocycles. The van der Waals surface area contributed by atoms with E-state index in [2.05, 4.69) is 58.8 Å². The number of alkyl halides is 2. The van der Waals surface area contributed by atoms with Gasteiger partial charge in [0.05, 0.1) is 4.83 Å². The van der Waals surface area contributed by atoms with Crippen molar-refractivity contribution in [3.05, 3.63) is 71.1 Å². The fourth-order valence-electron chi connectivity index (χ4n) is 6.95. The number of urea groups is 1. The third-order valence-electron chi connectivity index (χ3n) is 9.85. The number of piperidine rings is 2. The van der Waals surface area contributed by atoms with Crippen LogP contribution in [0.25, 0.3) is 11.4 Å². The first-order chi connectivity index (χ1) is 22.7. The number of hydrogen-bond acceptors (Lipinski definition) is 7. The Bertz CT molecular complexity index is 1570. The Hall–Kier alpha value is -3.04. The van der Waals surface area contributed by atoms with E-state index in [1.54, 1.807) is 9.80 Å². The Balaban J connectivity index is 1.17. The second-order valence-electron chi connectivity index (χ2n) is 12.8. The zero-order valence-electron chi connectivity index (χ0n) is 26.7. The molecule has 3 fully saturated rings. The van der Waals surface area contributed by atoms with Gasteiger partial charge in [0.2, 0.25) is 5.91 Å². The zero-order valence-corrected chi connectivity index (χ0v) is 29.9. The molecule has 14 heteroatoms. The summed E-state index contributed by atoms with van der Waals surface area (Å²) in [6.07, 6.45) is 2.59. The van der Waals surface area contributed by atoms with Gasteiger partial charge in [0, 0.05) is 68.3 Å². The highest BCUT2D eigenvalue weighted by atomic mass is 79.9. The highest BCUT2D eigenvalue weighted by Gasteiger charge is 2.46. The number of anilines is 1. The maximum atomic E-state index is 14.4. The Labute approximate surface area is 292 Å². The molecule has 3 atom stereocenters. The van der Waals surface area contributed by atoms with Crippen LogP contribution in [0.1, 0.15) is 19.3 Å². The lowest BCUT2D eigenvalue weighted by atomic mass is 9.98. The number of para-hydroxylation sites is 1. The van der Waals surface area contributed by atoms with Crippen molar-refractivity contribution in [3.8, 4) is 11.4 Å². The van der Waals surface area contributed by atoms with Gasteiger partial charge in [-0.05, 0) is 45.1 Å². The summed E-state index contributed by atoms with van der Waals surface area (Å²) in [7, 11) is 2.17. The average Bonchev–Trinajstić information content (AvgIpc) is 3.51. The van der Waals surface area contributed by atoms with Crippen molar-refractivity contribution in [2.75, 3.05) is 69.6 Å². The number of H-pyrrole nitrogens is 1. The van der Waals surface area contributed by atoms with Crippen LogP contribution in [0.4, 0.5) is 10.5 Å².